The first-order valence-corrected chi connectivity index (χ1v) is 3.97. The van der Waals surface area contributed by atoms with E-state index in [2.05, 4.69) is 15.9 Å². The van der Waals surface area contributed by atoms with E-state index in [0.29, 0.717) is 0 Å². The molecule has 0 bridgehead atoms. The quantitative estimate of drug-likeness (QED) is 0.540. The number of ketones is 1. The molecule has 0 aliphatic rings. The molecule has 4 heteroatoms. The summed E-state index contributed by atoms with van der Waals surface area (Å²) in [5.41, 5.74) is 0.147. The summed E-state index contributed by atoms with van der Waals surface area (Å²) in [6, 6.07) is 1.81. The van der Waals surface area contributed by atoms with E-state index in [1.165, 1.54) is 6.92 Å². The van der Waals surface area contributed by atoms with Gasteiger partial charge in [0, 0.05) is 10.0 Å². The van der Waals surface area contributed by atoms with E-state index in [-0.39, 0.29) is 15.8 Å². The fourth-order valence-corrected chi connectivity index (χ4v) is 1.39. The lowest BCUT2D eigenvalue weighted by Crippen LogP contribution is -1.96. The molecule has 0 heterocycles. The molecule has 1 aromatic carbocycles. The van der Waals surface area contributed by atoms with Crippen LogP contribution in [0.3, 0.4) is 0 Å². The molecule has 0 unspecified atom stereocenters. The van der Waals surface area contributed by atoms with E-state index in [4.69, 9.17) is 0 Å². The van der Waals surface area contributed by atoms with Gasteiger partial charge in [0.1, 0.15) is 0 Å². The van der Waals surface area contributed by atoms with Crippen molar-refractivity contribution in [1.29, 1.82) is 0 Å². The molecule has 0 fully saturated rings. The Balaban J connectivity index is 3.33. The van der Waals surface area contributed by atoms with Gasteiger partial charge in [0.05, 0.1) is 0 Å². The fraction of sp³-hybridized carbons (Fsp3) is 0.125. The molecule has 0 radical (unpaired) electrons. The smallest absolute Gasteiger partial charge is 0.161 e. The summed E-state index contributed by atoms with van der Waals surface area (Å²) in [5.74, 6) is -2.28. The van der Waals surface area contributed by atoms with Crippen LogP contribution in [0.1, 0.15) is 17.3 Å². The molecule has 0 aliphatic heterocycles. The number of halogens is 3. The average molecular weight is 235 g/mol. The molecular weight excluding hydrogens is 230 g/mol. The Labute approximate surface area is 76.5 Å². The van der Waals surface area contributed by atoms with Crippen LogP contribution in [-0.4, -0.2) is 5.78 Å². The molecule has 0 amide bonds. The Morgan fingerprint density at radius 2 is 1.83 bits per heavy atom. The summed E-state index contributed by atoms with van der Waals surface area (Å²) < 4.78 is 25.4. The molecule has 0 saturated carbocycles. The normalized spacial score (nSPS) is 10.0. The standard InChI is InChI=1S/C8H5BrF2O/c1-4(12)5-2-7(10)8(11)3-6(5)9/h2-3H,1H3. The van der Waals surface area contributed by atoms with E-state index in [1.807, 2.05) is 0 Å². The third-order valence-electron chi connectivity index (χ3n) is 1.39. The minimum Gasteiger partial charge on any atom is -0.294 e. The molecule has 12 heavy (non-hydrogen) atoms. The zero-order valence-electron chi connectivity index (χ0n) is 6.20. The Kier molecular flexibility index (Phi) is 2.57. The number of rotatable bonds is 1. The highest BCUT2D eigenvalue weighted by Crippen LogP contribution is 2.20. The summed E-state index contributed by atoms with van der Waals surface area (Å²) in [7, 11) is 0. The van der Waals surface area contributed by atoms with Crippen LogP contribution in [0.15, 0.2) is 16.6 Å². The van der Waals surface area contributed by atoms with Crippen molar-refractivity contribution in [2.45, 2.75) is 6.92 Å². The zero-order chi connectivity index (χ0) is 9.30. The number of Topliss-reactive ketones (excluding diaryl/α,β-unsaturated/α-hetero) is 1. The third-order valence-corrected chi connectivity index (χ3v) is 2.05. The van der Waals surface area contributed by atoms with Gasteiger partial charge in [-0.3, -0.25) is 4.79 Å². The molecule has 0 spiro atoms. The van der Waals surface area contributed by atoms with Crippen LogP contribution in [0.5, 0.6) is 0 Å². The van der Waals surface area contributed by atoms with Crippen LogP contribution in [0.4, 0.5) is 8.78 Å². The average Bonchev–Trinajstić information content (AvgIpc) is 1.96. The van der Waals surface area contributed by atoms with E-state index < -0.39 is 11.6 Å². The number of benzene rings is 1. The van der Waals surface area contributed by atoms with Crippen LogP contribution >= 0.6 is 15.9 Å². The van der Waals surface area contributed by atoms with E-state index in [1.54, 1.807) is 0 Å². The molecule has 1 nitrogen and oxygen atoms in total. The Bertz CT molecular complexity index is 336. The molecule has 0 aromatic heterocycles. The van der Waals surface area contributed by atoms with Crippen LogP contribution in [0.2, 0.25) is 0 Å². The van der Waals surface area contributed by atoms with Crippen molar-refractivity contribution in [3.63, 3.8) is 0 Å². The number of carbonyl (C=O) groups excluding carboxylic acids is 1. The lowest BCUT2D eigenvalue weighted by atomic mass is 10.1. The van der Waals surface area contributed by atoms with Gasteiger partial charge in [-0.25, -0.2) is 8.78 Å². The van der Waals surface area contributed by atoms with Gasteiger partial charge in [-0.05, 0) is 35.0 Å². The molecular formula is C8H5BrF2O. The van der Waals surface area contributed by atoms with E-state index in [0.717, 1.165) is 12.1 Å². The predicted octanol–water partition coefficient (Wildman–Crippen LogP) is 2.93. The van der Waals surface area contributed by atoms with Crippen LogP contribution in [0.25, 0.3) is 0 Å². The van der Waals surface area contributed by atoms with Crippen molar-refractivity contribution in [2.75, 3.05) is 0 Å². The first-order chi connectivity index (χ1) is 5.52. The van der Waals surface area contributed by atoms with E-state index in [9.17, 15) is 13.6 Å². The second-order valence-electron chi connectivity index (χ2n) is 2.30. The summed E-state index contributed by atoms with van der Waals surface area (Å²) in [4.78, 5) is 10.8. The van der Waals surface area contributed by atoms with Crippen molar-refractivity contribution in [1.82, 2.24) is 0 Å². The maximum atomic E-state index is 12.6. The van der Waals surface area contributed by atoms with Crippen LogP contribution in [0, 0.1) is 11.6 Å². The third kappa shape index (κ3) is 1.69. The molecule has 1 rings (SSSR count). The summed E-state index contributed by atoms with van der Waals surface area (Å²) >= 11 is 2.95. The van der Waals surface area contributed by atoms with Gasteiger partial charge in [-0.15, -0.1) is 0 Å². The van der Waals surface area contributed by atoms with Crippen molar-refractivity contribution >= 4 is 21.7 Å². The van der Waals surface area contributed by atoms with E-state index >= 15 is 0 Å². The predicted molar refractivity (Wildman–Crippen MR) is 44.1 cm³/mol. The number of carbonyl (C=O) groups is 1. The van der Waals surface area contributed by atoms with Crippen molar-refractivity contribution in [3.05, 3.63) is 33.8 Å². The van der Waals surface area contributed by atoms with Gasteiger partial charge < -0.3 is 0 Å². The highest BCUT2D eigenvalue weighted by molar-refractivity contribution is 9.10. The minimum absolute atomic E-state index is 0.147. The summed E-state index contributed by atoms with van der Waals surface area (Å²) in [5, 5.41) is 0. The Morgan fingerprint density at radius 3 is 2.33 bits per heavy atom. The van der Waals surface area contributed by atoms with Gasteiger partial charge in [-0.2, -0.15) is 0 Å². The molecule has 0 aliphatic carbocycles. The Morgan fingerprint density at radius 1 is 1.33 bits per heavy atom. The molecule has 1 aromatic rings. The first kappa shape index (κ1) is 9.32. The second-order valence-corrected chi connectivity index (χ2v) is 3.16. The largest absolute Gasteiger partial charge is 0.294 e. The second kappa shape index (κ2) is 3.31. The van der Waals surface area contributed by atoms with Crippen LogP contribution < -0.4 is 0 Å². The number of hydrogen-bond acceptors (Lipinski definition) is 1. The summed E-state index contributed by atoms with van der Waals surface area (Å²) in [6.45, 7) is 1.29. The minimum atomic E-state index is -1.01. The monoisotopic (exact) mass is 234 g/mol. The lowest BCUT2D eigenvalue weighted by Gasteiger charge is -2.00. The lowest BCUT2D eigenvalue weighted by molar-refractivity contribution is 0.101. The van der Waals surface area contributed by atoms with Gasteiger partial charge in [0.25, 0.3) is 0 Å². The SMILES string of the molecule is CC(=O)c1cc(F)c(F)cc1Br. The molecule has 0 N–H and O–H groups in total. The summed E-state index contributed by atoms with van der Waals surface area (Å²) in [6.07, 6.45) is 0. The fourth-order valence-electron chi connectivity index (χ4n) is 0.792. The molecule has 0 atom stereocenters. The zero-order valence-corrected chi connectivity index (χ0v) is 7.78. The van der Waals surface area contributed by atoms with Gasteiger partial charge in [0.2, 0.25) is 0 Å². The van der Waals surface area contributed by atoms with Crippen LogP contribution in [-0.2, 0) is 0 Å². The Hall–Kier alpha value is -0.770. The van der Waals surface area contributed by atoms with Gasteiger partial charge >= 0.3 is 0 Å². The highest BCUT2D eigenvalue weighted by atomic mass is 79.9. The van der Waals surface area contributed by atoms with Gasteiger partial charge in [-0.1, -0.05) is 0 Å². The first-order valence-electron chi connectivity index (χ1n) is 3.18. The number of hydrogen-bond donors (Lipinski definition) is 0. The van der Waals surface area contributed by atoms with Crippen molar-refractivity contribution in [3.8, 4) is 0 Å². The maximum Gasteiger partial charge on any atom is 0.161 e. The maximum absolute atomic E-state index is 12.6. The van der Waals surface area contributed by atoms with Crippen molar-refractivity contribution in [2.24, 2.45) is 0 Å². The van der Waals surface area contributed by atoms with Crippen molar-refractivity contribution < 1.29 is 13.6 Å². The highest BCUT2D eigenvalue weighted by Gasteiger charge is 2.10. The topological polar surface area (TPSA) is 17.1 Å². The van der Waals surface area contributed by atoms with Gasteiger partial charge in [0.15, 0.2) is 17.4 Å². The molecule has 0 saturated heterocycles. The molecule has 64 valence electrons.